The van der Waals surface area contributed by atoms with Crippen LogP contribution in [0.3, 0.4) is 0 Å². The van der Waals surface area contributed by atoms with Gasteiger partial charge in [0.15, 0.2) is 0 Å². The standard InChI is InChI=1S/C40H43FN4O4/c1-25-20-28(26-10-13-32(14-11-26)45-18-16-31(17-19-45)42-39(47)49-40(2,3)4)22-29(21-25)38(46)44-37(33-24-30(41)12-15-36(33)48-5)35-23-27-8-6-7-9-34(27)43-35/h6-15,20-24,31,37,43H,16-19H2,1-5H3,(H,42,47)(H,44,46)/t37-/m1/s1. The molecule has 9 heteroatoms. The minimum atomic E-state index is -0.697. The van der Waals surface area contributed by atoms with E-state index in [1.807, 2.05) is 70.2 Å². The van der Waals surface area contributed by atoms with Gasteiger partial charge in [-0.25, -0.2) is 9.18 Å². The molecular formula is C40H43FN4O4. The van der Waals surface area contributed by atoms with Crippen molar-refractivity contribution in [1.82, 2.24) is 15.6 Å². The number of ether oxygens (including phenoxy) is 2. The number of carbonyl (C=O) groups excluding carboxylic acids is 2. The lowest BCUT2D eigenvalue weighted by atomic mass is 9.98. The monoisotopic (exact) mass is 662 g/mol. The molecule has 1 aliphatic rings. The van der Waals surface area contributed by atoms with E-state index in [2.05, 4.69) is 50.8 Å². The zero-order valence-electron chi connectivity index (χ0n) is 28.6. The summed E-state index contributed by atoms with van der Waals surface area (Å²) in [6, 6.07) is 27.6. The number of amides is 2. The van der Waals surface area contributed by atoms with Crippen LogP contribution in [0.5, 0.6) is 5.75 Å². The zero-order chi connectivity index (χ0) is 34.7. The molecule has 3 N–H and O–H groups in total. The maximum atomic E-state index is 14.6. The number of H-pyrrole nitrogens is 1. The quantitative estimate of drug-likeness (QED) is 0.155. The smallest absolute Gasteiger partial charge is 0.407 e. The zero-order valence-corrected chi connectivity index (χ0v) is 28.6. The number of aromatic nitrogens is 1. The van der Waals surface area contributed by atoms with E-state index in [-0.39, 0.29) is 18.0 Å². The van der Waals surface area contributed by atoms with Crippen molar-refractivity contribution >= 4 is 28.6 Å². The highest BCUT2D eigenvalue weighted by molar-refractivity contribution is 5.96. The van der Waals surface area contributed by atoms with Crippen molar-refractivity contribution in [3.63, 3.8) is 0 Å². The number of para-hydroxylation sites is 1. The number of carbonyl (C=O) groups is 2. The number of aromatic amines is 1. The second kappa shape index (κ2) is 14.0. The summed E-state index contributed by atoms with van der Waals surface area (Å²) in [7, 11) is 1.53. The fraction of sp³-hybridized carbons (Fsp3) is 0.300. The van der Waals surface area contributed by atoms with Gasteiger partial charge in [-0.05, 0) is 117 Å². The number of nitrogens with one attached hydrogen (secondary N) is 3. The second-order valence-electron chi connectivity index (χ2n) is 13.6. The lowest BCUT2D eigenvalue weighted by molar-refractivity contribution is 0.0497. The molecular weight excluding hydrogens is 619 g/mol. The van der Waals surface area contributed by atoms with Crippen LogP contribution in [-0.2, 0) is 4.74 Å². The van der Waals surface area contributed by atoms with E-state index in [9.17, 15) is 14.0 Å². The summed E-state index contributed by atoms with van der Waals surface area (Å²) in [4.78, 5) is 31.9. The van der Waals surface area contributed by atoms with Crippen molar-refractivity contribution in [1.29, 1.82) is 0 Å². The summed E-state index contributed by atoms with van der Waals surface area (Å²) < 4.78 is 25.6. The normalized spacial score (nSPS) is 14.4. The first-order valence-electron chi connectivity index (χ1n) is 16.6. The highest BCUT2D eigenvalue weighted by Gasteiger charge is 2.26. The van der Waals surface area contributed by atoms with Gasteiger partial charge in [0, 0.05) is 47.2 Å². The van der Waals surface area contributed by atoms with Crippen molar-refractivity contribution in [2.45, 2.75) is 58.2 Å². The third kappa shape index (κ3) is 8.05. The number of benzene rings is 4. The van der Waals surface area contributed by atoms with Crippen LogP contribution in [0.1, 0.15) is 66.8 Å². The summed E-state index contributed by atoms with van der Waals surface area (Å²) in [6.07, 6.45) is 1.29. The number of piperidine rings is 1. The molecule has 0 radical (unpaired) electrons. The first-order valence-corrected chi connectivity index (χ1v) is 16.6. The summed E-state index contributed by atoms with van der Waals surface area (Å²) in [6.45, 7) is 9.19. The summed E-state index contributed by atoms with van der Waals surface area (Å²) >= 11 is 0. The van der Waals surface area contributed by atoms with E-state index in [4.69, 9.17) is 9.47 Å². The average Bonchev–Trinajstić information content (AvgIpc) is 3.50. The molecule has 5 aromatic rings. The number of fused-ring (bicyclic) bond motifs is 1. The Morgan fingerprint density at radius 3 is 2.35 bits per heavy atom. The van der Waals surface area contributed by atoms with Gasteiger partial charge < -0.3 is 30.0 Å². The van der Waals surface area contributed by atoms with Gasteiger partial charge in [-0.1, -0.05) is 36.4 Å². The van der Waals surface area contributed by atoms with Crippen molar-refractivity contribution in [3.8, 4) is 16.9 Å². The molecule has 2 heterocycles. The number of rotatable bonds is 8. The summed E-state index contributed by atoms with van der Waals surface area (Å²) in [5.74, 6) is -0.243. The Morgan fingerprint density at radius 1 is 0.918 bits per heavy atom. The molecule has 0 aliphatic carbocycles. The van der Waals surface area contributed by atoms with Gasteiger partial charge in [0.1, 0.15) is 17.2 Å². The van der Waals surface area contributed by atoms with E-state index in [0.29, 0.717) is 22.6 Å². The van der Waals surface area contributed by atoms with Crippen LogP contribution < -0.4 is 20.3 Å². The number of methoxy groups -OCH3 is 1. The predicted molar refractivity (Wildman–Crippen MR) is 192 cm³/mol. The average molecular weight is 663 g/mol. The number of hydrogen-bond acceptors (Lipinski definition) is 5. The third-order valence-electron chi connectivity index (χ3n) is 8.76. The minimum Gasteiger partial charge on any atom is -0.496 e. The van der Waals surface area contributed by atoms with Gasteiger partial charge in [-0.15, -0.1) is 0 Å². The maximum Gasteiger partial charge on any atom is 0.407 e. The number of alkyl carbamates (subject to hydrolysis) is 1. The highest BCUT2D eigenvalue weighted by Crippen LogP contribution is 2.33. The molecule has 254 valence electrons. The van der Waals surface area contributed by atoms with Crippen LogP contribution in [0.4, 0.5) is 14.9 Å². The lowest BCUT2D eigenvalue weighted by Gasteiger charge is -2.34. The molecule has 0 saturated carbocycles. The van der Waals surface area contributed by atoms with E-state index in [1.54, 1.807) is 6.07 Å². The molecule has 1 fully saturated rings. The number of hydrogen-bond donors (Lipinski definition) is 3. The molecule has 2 amide bonds. The molecule has 1 saturated heterocycles. The van der Waals surface area contributed by atoms with E-state index in [1.165, 1.54) is 19.2 Å². The first-order chi connectivity index (χ1) is 23.5. The molecule has 0 spiro atoms. The van der Waals surface area contributed by atoms with Crippen molar-refractivity contribution < 1.29 is 23.5 Å². The van der Waals surface area contributed by atoms with Crippen LogP contribution in [-0.4, -0.2) is 48.8 Å². The third-order valence-corrected chi connectivity index (χ3v) is 8.76. The molecule has 0 bridgehead atoms. The largest absolute Gasteiger partial charge is 0.496 e. The van der Waals surface area contributed by atoms with E-state index >= 15 is 0 Å². The van der Waals surface area contributed by atoms with Crippen molar-refractivity contribution in [2.24, 2.45) is 0 Å². The Kier molecular flexibility index (Phi) is 9.62. The van der Waals surface area contributed by atoms with Gasteiger partial charge in [0.05, 0.1) is 13.2 Å². The van der Waals surface area contributed by atoms with Crippen LogP contribution >= 0.6 is 0 Å². The minimum absolute atomic E-state index is 0.0832. The van der Waals surface area contributed by atoms with Crippen molar-refractivity contribution in [2.75, 3.05) is 25.1 Å². The van der Waals surface area contributed by atoms with Crippen LogP contribution in [0.25, 0.3) is 22.0 Å². The number of anilines is 1. The van der Waals surface area contributed by atoms with Gasteiger partial charge in [-0.2, -0.15) is 0 Å². The van der Waals surface area contributed by atoms with Crippen LogP contribution in [0.15, 0.2) is 91.0 Å². The van der Waals surface area contributed by atoms with E-state index < -0.39 is 17.5 Å². The number of halogens is 1. The molecule has 6 rings (SSSR count). The number of aryl methyl sites for hydroxylation is 1. The highest BCUT2D eigenvalue weighted by atomic mass is 19.1. The Bertz CT molecular complexity index is 1920. The molecule has 1 atom stereocenters. The molecule has 4 aromatic carbocycles. The van der Waals surface area contributed by atoms with Crippen LogP contribution in [0, 0.1) is 12.7 Å². The summed E-state index contributed by atoms with van der Waals surface area (Å²) in [5.41, 5.74) is 6.06. The fourth-order valence-electron chi connectivity index (χ4n) is 6.42. The van der Waals surface area contributed by atoms with Gasteiger partial charge in [-0.3, -0.25) is 4.79 Å². The number of nitrogens with zero attached hydrogens (tertiary/aromatic N) is 1. The Morgan fingerprint density at radius 2 is 1.65 bits per heavy atom. The molecule has 8 nitrogen and oxygen atoms in total. The van der Waals surface area contributed by atoms with E-state index in [0.717, 1.165) is 59.2 Å². The molecule has 49 heavy (non-hydrogen) atoms. The van der Waals surface area contributed by atoms with Gasteiger partial charge >= 0.3 is 6.09 Å². The summed E-state index contributed by atoms with van der Waals surface area (Å²) in [5, 5.41) is 7.13. The SMILES string of the molecule is COc1ccc(F)cc1[C@@H](NC(=O)c1cc(C)cc(-c2ccc(N3CCC(NC(=O)OC(C)(C)C)CC3)cc2)c1)c1cc2ccccc2[nH]1. The molecule has 1 aliphatic heterocycles. The van der Waals surface area contributed by atoms with Crippen LogP contribution in [0.2, 0.25) is 0 Å². The van der Waals surface area contributed by atoms with Gasteiger partial charge in [0.25, 0.3) is 5.91 Å². The Hall–Kier alpha value is -5.31. The predicted octanol–water partition coefficient (Wildman–Crippen LogP) is 8.30. The Labute approximate surface area is 286 Å². The second-order valence-corrected chi connectivity index (χ2v) is 13.6. The first kappa shape index (κ1) is 33.6. The fourth-order valence-corrected chi connectivity index (χ4v) is 6.42. The topological polar surface area (TPSA) is 95.7 Å². The van der Waals surface area contributed by atoms with Crippen molar-refractivity contribution in [3.05, 3.63) is 119 Å². The molecule has 0 unspecified atom stereocenters. The molecule has 1 aromatic heterocycles. The Balaban J connectivity index is 1.19. The van der Waals surface area contributed by atoms with Gasteiger partial charge in [0.2, 0.25) is 0 Å². The maximum absolute atomic E-state index is 14.6. The lowest BCUT2D eigenvalue weighted by Crippen LogP contribution is -2.46.